The van der Waals surface area contributed by atoms with Crippen molar-refractivity contribution in [3.05, 3.63) is 40.3 Å². The van der Waals surface area contributed by atoms with Gasteiger partial charge in [-0.1, -0.05) is 32.9 Å². The number of hydrogen-bond acceptors (Lipinski definition) is 4. The number of rotatable bonds is 1. The third-order valence-electron chi connectivity index (χ3n) is 3.07. The summed E-state index contributed by atoms with van der Waals surface area (Å²) >= 11 is 1.64. The van der Waals surface area contributed by atoms with Crippen LogP contribution in [-0.4, -0.2) is 11.6 Å². The summed E-state index contributed by atoms with van der Waals surface area (Å²) in [4.78, 5) is 4.69. The normalized spacial score (nSPS) is 18.4. The van der Waals surface area contributed by atoms with Crippen molar-refractivity contribution in [1.29, 1.82) is 0 Å². The summed E-state index contributed by atoms with van der Waals surface area (Å²) in [5.74, 6) is 1.61. The maximum absolute atomic E-state index is 5.97. The van der Waals surface area contributed by atoms with E-state index in [-0.39, 0.29) is 11.5 Å². The Bertz CT molecular complexity index is 586. The van der Waals surface area contributed by atoms with Gasteiger partial charge in [0.1, 0.15) is 11.6 Å². The maximum atomic E-state index is 5.97. The highest BCUT2D eigenvalue weighted by Gasteiger charge is 2.26. The largest absolute Gasteiger partial charge is 0.485 e. The SMILES string of the molecule is CC(C)(C)c1csc([C@H]2COc3ccccc3O2)n1. The number of hydrogen-bond donors (Lipinski definition) is 0. The Balaban J connectivity index is 1.83. The minimum absolute atomic E-state index is 0.0716. The van der Waals surface area contributed by atoms with Gasteiger partial charge < -0.3 is 9.47 Å². The van der Waals surface area contributed by atoms with Crippen LogP contribution in [0.2, 0.25) is 0 Å². The smallest absolute Gasteiger partial charge is 0.184 e. The molecule has 1 aromatic heterocycles. The van der Waals surface area contributed by atoms with Crippen LogP contribution in [0.3, 0.4) is 0 Å². The van der Waals surface area contributed by atoms with Gasteiger partial charge in [-0.25, -0.2) is 4.98 Å². The van der Waals surface area contributed by atoms with Gasteiger partial charge in [0.25, 0.3) is 0 Å². The molecule has 0 saturated carbocycles. The van der Waals surface area contributed by atoms with Gasteiger partial charge in [0.2, 0.25) is 0 Å². The zero-order valence-corrected chi connectivity index (χ0v) is 12.2. The van der Waals surface area contributed by atoms with E-state index in [0.717, 1.165) is 22.2 Å². The fourth-order valence-corrected chi connectivity index (χ4v) is 2.98. The molecule has 0 N–H and O–H groups in total. The summed E-state index contributed by atoms with van der Waals surface area (Å²) in [5, 5.41) is 3.10. The topological polar surface area (TPSA) is 31.4 Å². The molecule has 4 heteroatoms. The Morgan fingerprint density at radius 2 is 1.95 bits per heavy atom. The van der Waals surface area contributed by atoms with Crippen LogP contribution in [0.25, 0.3) is 0 Å². The van der Waals surface area contributed by atoms with Crippen LogP contribution >= 0.6 is 11.3 Å². The number of nitrogens with zero attached hydrogens (tertiary/aromatic N) is 1. The third-order valence-corrected chi connectivity index (χ3v) is 4.01. The zero-order valence-electron chi connectivity index (χ0n) is 11.3. The lowest BCUT2D eigenvalue weighted by Crippen LogP contribution is -2.22. The lowest BCUT2D eigenvalue weighted by atomic mass is 9.93. The maximum Gasteiger partial charge on any atom is 0.184 e. The molecule has 2 aromatic rings. The fourth-order valence-electron chi connectivity index (χ4n) is 1.92. The molecule has 2 heterocycles. The number of para-hydroxylation sites is 2. The number of aromatic nitrogens is 1. The van der Waals surface area contributed by atoms with Crippen LogP contribution in [0.1, 0.15) is 37.6 Å². The first-order valence-electron chi connectivity index (χ1n) is 6.38. The molecule has 0 fully saturated rings. The number of thiazole rings is 1. The molecule has 1 aromatic carbocycles. The highest BCUT2D eigenvalue weighted by Crippen LogP contribution is 2.37. The van der Waals surface area contributed by atoms with E-state index < -0.39 is 0 Å². The van der Waals surface area contributed by atoms with Gasteiger partial charge in [0.05, 0.1) is 5.69 Å². The fraction of sp³-hybridized carbons (Fsp3) is 0.400. The molecule has 1 aliphatic heterocycles. The van der Waals surface area contributed by atoms with Crippen molar-refractivity contribution in [1.82, 2.24) is 4.98 Å². The predicted octanol–water partition coefficient (Wildman–Crippen LogP) is 3.95. The van der Waals surface area contributed by atoms with E-state index in [0.29, 0.717) is 6.61 Å². The Kier molecular flexibility index (Phi) is 2.97. The molecule has 0 saturated heterocycles. The predicted molar refractivity (Wildman–Crippen MR) is 76.1 cm³/mol. The summed E-state index contributed by atoms with van der Waals surface area (Å²) in [5.41, 5.74) is 1.18. The molecule has 0 radical (unpaired) electrons. The van der Waals surface area contributed by atoms with Crippen molar-refractivity contribution in [2.75, 3.05) is 6.61 Å². The van der Waals surface area contributed by atoms with Gasteiger partial charge in [-0.3, -0.25) is 0 Å². The molecule has 0 bridgehead atoms. The van der Waals surface area contributed by atoms with Crippen LogP contribution in [-0.2, 0) is 5.41 Å². The first kappa shape index (κ1) is 12.5. The lowest BCUT2D eigenvalue weighted by Gasteiger charge is -2.25. The lowest BCUT2D eigenvalue weighted by molar-refractivity contribution is 0.0909. The van der Waals surface area contributed by atoms with E-state index in [1.807, 2.05) is 24.3 Å². The molecular formula is C15H17NO2S. The van der Waals surface area contributed by atoms with Gasteiger partial charge in [-0.2, -0.15) is 0 Å². The van der Waals surface area contributed by atoms with E-state index in [9.17, 15) is 0 Å². The summed E-state index contributed by atoms with van der Waals surface area (Å²) in [6, 6.07) is 7.75. The molecule has 1 aliphatic rings. The molecule has 0 unspecified atom stereocenters. The van der Waals surface area contributed by atoms with Gasteiger partial charge in [-0.05, 0) is 12.1 Å². The number of fused-ring (bicyclic) bond motifs is 1. The summed E-state index contributed by atoms with van der Waals surface area (Å²) < 4.78 is 11.7. The monoisotopic (exact) mass is 275 g/mol. The van der Waals surface area contributed by atoms with Crippen molar-refractivity contribution in [2.24, 2.45) is 0 Å². The van der Waals surface area contributed by atoms with E-state index in [4.69, 9.17) is 14.5 Å². The van der Waals surface area contributed by atoms with Crippen LogP contribution in [0.15, 0.2) is 29.6 Å². The van der Waals surface area contributed by atoms with Crippen LogP contribution < -0.4 is 9.47 Å². The Morgan fingerprint density at radius 3 is 2.63 bits per heavy atom. The molecule has 100 valence electrons. The molecule has 0 spiro atoms. The average molecular weight is 275 g/mol. The second-order valence-electron chi connectivity index (χ2n) is 5.69. The Hall–Kier alpha value is -1.55. The third kappa shape index (κ3) is 2.45. The Morgan fingerprint density at radius 1 is 1.21 bits per heavy atom. The first-order chi connectivity index (χ1) is 9.04. The van der Waals surface area contributed by atoms with Crippen LogP contribution in [0.4, 0.5) is 0 Å². The van der Waals surface area contributed by atoms with Crippen molar-refractivity contribution in [2.45, 2.75) is 32.3 Å². The van der Waals surface area contributed by atoms with Gasteiger partial charge >= 0.3 is 0 Å². The minimum atomic E-state index is -0.101. The van der Waals surface area contributed by atoms with Crippen LogP contribution in [0, 0.1) is 0 Å². The first-order valence-corrected chi connectivity index (χ1v) is 7.26. The van der Waals surface area contributed by atoms with Gasteiger partial charge in [0, 0.05) is 10.8 Å². The molecule has 3 nitrogen and oxygen atoms in total. The summed E-state index contributed by atoms with van der Waals surface area (Å²) in [7, 11) is 0. The number of ether oxygens (including phenoxy) is 2. The average Bonchev–Trinajstić information content (AvgIpc) is 2.87. The van der Waals surface area contributed by atoms with Crippen molar-refractivity contribution >= 4 is 11.3 Å². The van der Waals surface area contributed by atoms with Crippen molar-refractivity contribution < 1.29 is 9.47 Å². The molecule has 1 atom stereocenters. The minimum Gasteiger partial charge on any atom is -0.485 e. The second-order valence-corrected chi connectivity index (χ2v) is 6.57. The molecule has 0 amide bonds. The van der Waals surface area contributed by atoms with Gasteiger partial charge in [0.15, 0.2) is 17.6 Å². The molecule has 19 heavy (non-hydrogen) atoms. The number of benzene rings is 1. The van der Waals surface area contributed by atoms with E-state index in [2.05, 4.69) is 26.2 Å². The molecule has 3 rings (SSSR count). The second kappa shape index (κ2) is 4.53. The quantitative estimate of drug-likeness (QED) is 0.789. The van der Waals surface area contributed by atoms with Crippen LogP contribution in [0.5, 0.6) is 11.5 Å². The summed E-state index contributed by atoms with van der Waals surface area (Å²) in [6.07, 6.45) is -0.101. The van der Waals surface area contributed by atoms with Crippen molar-refractivity contribution in [3.63, 3.8) is 0 Å². The zero-order chi connectivity index (χ0) is 13.5. The Labute approximate surface area is 117 Å². The highest BCUT2D eigenvalue weighted by atomic mass is 32.1. The highest BCUT2D eigenvalue weighted by molar-refractivity contribution is 7.09. The summed E-state index contributed by atoms with van der Waals surface area (Å²) in [6.45, 7) is 7.02. The van der Waals surface area contributed by atoms with Crippen molar-refractivity contribution in [3.8, 4) is 11.5 Å². The molecule has 0 aliphatic carbocycles. The van der Waals surface area contributed by atoms with E-state index >= 15 is 0 Å². The molecular weight excluding hydrogens is 258 g/mol. The van der Waals surface area contributed by atoms with E-state index in [1.165, 1.54) is 0 Å². The standard InChI is InChI=1S/C15H17NO2S/c1-15(2,3)13-9-19-14(16-13)12-8-17-10-6-4-5-7-11(10)18-12/h4-7,9,12H,8H2,1-3H3/t12-/m1/s1. The van der Waals surface area contributed by atoms with Gasteiger partial charge in [-0.15, -0.1) is 11.3 Å². The van der Waals surface area contributed by atoms with E-state index in [1.54, 1.807) is 11.3 Å².